The molecule has 1 N–H and O–H groups in total. The van der Waals surface area contributed by atoms with Gasteiger partial charge in [-0.3, -0.25) is 9.59 Å². The molecule has 0 radical (unpaired) electrons. The number of carbonyl (C=O) groups is 2. The minimum atomic E-state index is 0.0215. The van der Waals surface area contributed by atoms with Gasteiger partial charge >= 0.3 is 0 Å². The van der Waals surface area contributed by atoms with Crippen LogP contribution in [0.2, 0.25) is 0 Å². The van der Waals surface area contributed by atoms with Gasteiger partial charge in [0.25, 0.3) is 0 Å². The van der Waals surface area contributed by atoms with Crippen molar-refractivity contribution in [1.82, 2.24) is 19.9 Å². The molecule has 2 aromatic heterocycles. The molecule has 0 atom stereocenters. The maximum Gasteiger partial charge on any atom is 0.229 e. The Morgan fingerprint density at radius 3 is 2.51 bits per heavy atom. The quantitative estimate of drug-likeness (QED) is 0.400. The van der Waals surface area contributed by atoms with Crippen molar-refractivity contribution in [2.45, 2.75) is 77.9 Å². The summed E-state index contributed by atoms with van der Waals surface area (Å²) in [4.78, 5) is 40.9. The fourth-order valence-electron chi connectivity index (χ4n) is 6.34. The van der Waals surface area contributed by atoms with Crippen LogP contribution in [0.5, 0.6) is 0 Å². The number of ether oxygens (including phenoxy) is 1. The number of rotatable bonds is 7. The third-order valence-corrected chi connectivity index (χ3v) is 9.70. The van der Waals surface area contributed by atoms with Crippen molar-refractivity contribution in [3.63, 3.8) is 0 Å². The number of anilines is 1. The fourth-order valence-corrected chi connectivity index (χ4v) is 7.24. The van der Waals surface area contributed by atoms with Crippen LogP contribution in [0.15, 0.2) is 30.6 Å². The molecule has 3 aromatic rings. The van der Waals surface area contributed by atoms with Crippen LogP contribution >= 0.6 is 11.3 Å². The molecular formula is C30H37N5O3S. The fraction of sp³-hybridized carbons (Fsp3) is 0.567. The molecule has 1 aliphatic heterocycles. The summed E-state index contributed by atoms with van der Waals surface area (Å²) < 4.78 is 6.95. The molecule has 9 heteroatoms. The third-order valence-electron chi connectivity index (χ3n) is 8.77. The molecule has 2 saturated carbocycles. The smallest absolute Gasteiger partial charge is 0.229 e. The van der Waals surface area contributed by atoms with Crippen LogP contribution in [0, 0.1) is 17.3 Å². The van der Waals surface area contributed by atoms with Gasteiger partial charge in [-0.25, -0.2) is 15.0 Å². The van der Waals surface area contributed by atoms with E-state index in [2.05, 4.69) is 26.3 Å². The Hall–Kier alpha value is -2.91. The van der Waals surface area contributed by atoms with Gasteiger partial charge in [0, 0.05) is 42.9 Å². The van der Waals surface area contributed by atoms with Crippen LogP contribution in [0.25, 0.3) is 21.3 Å². The summed E-state index contributed by atoms with van der Waals surface area (Å²) in [6.07, 6.45) is 12.6. The molecule has 39 heavy (non-hydrogen) atoms. The Labute approximate surface area is 233 Å². The predicted octanol–water partition coefficient (Wildman–Crippen LogP) is 5.83. The second-order valence-corrected chi connectivity index (χ2v) is 12.9. The van der Waals surface area contributed by atoms with E-state index in [1.54, 1.807) is 0 Å². The molecule has 3 aliphatic rings. The molecule has 3 heterocycles. The number of nitrogens with zero attached hydrogens (tertiary/aromatic N) is 4. The van der Waals surface area contributed by atoms with Gasteiger partial charge < -0.3 is 15.0 Å². The Balaban J connectivity index is 1.03. The molecular weight excluding hydrogens is 510 g/mol. The highest BCUT2D eigenvalue weighted by atomic mass is 32.1. The first kappa shape index (κ1) is 26.3. The zero-order valence-corrected chi connectivity index (χ0v) is 23.6. The van der Waals surface area contributed by atoms with Crippen molar-refractivity contribution in [1.29, 1.82) is 0 Å². The number of fused-ring (bicyclic) bond motifs is 1. The lowest BCUT2D eigenvalue weighted by Gasteiger charge is -2.51. The van der Waals surface area contributed by atoms with Crippen molar-refractivity contribution in [3.05, 3.63) is 36.4 Å². The minimum Gasteiger partial charge on any atom is -0.370 e. The maximum atomic E-state index is 13.0. The van der Waals surface area contributed by atoms with Crippen LogP contribution in [-0.2, 0) is 20.9 Å². The first-order valence-corrected chi connectivity index (χ1v) is 15.1. The van der Waals surface area contributed by atoms with E-state index < -0.39 is 0 Å². The number of hydrogen-bond acceptors (Lipinski definition) is 7. The zero-order valence-electron chi connectivity index (χ0n) is 22.8. The monoisotopic (exact) mass is 547 g/mol. The highest BCUT2D eigenvalue weighted by Gasteiger charge is 2.49. The summed E-state index contributed by atoms with van der Waals surface area (Å²) in [6.45, 7) is 6.00. The number of likely N-dealkylation sites (tertiary alicyclic amines) is 1. The van der Waals surface area contributed by atoms with Crippen molar-refractivity contribution >= 4 is 38.5 Å². The van der Waals surface area contributed by atoms with Gasteiger partial charge in [0.05, 0.1) is 16.3 Å². The molecule has 8 nitrogen and oxygen atoms in total. The first-order chi connectivity index (χ1) is 18.9. The topological polar surface area (TPSA) is 97.3 Å². The molecule has 3 fully saturated rings. The van der Waals surface area contributed by atoms with Gasteiger partial charge in [-0.2, -0.15) is 0 Å². The molecule has 2 amide bonds. The van der Waals surface area contributed by atoms with E-state index in [1.807, 2.05) is 43.3 Å². The highest BCUT2D eigenvalue weighted by Crippen LogP contribution is 2.53. The lowest BCUT2D eigenvalue weighted by molar-refractivity contribution is -0.141. The van der Waals surface area contributed by atoms with E-state index >= 15 is 0 Å². The Bertz CT molecular complexity index is 1330. The lowest BCUT2D eigenvalue weighted by atomic mass is 9.57. The van der Waals surface area contributed by atoms with E-state index in [4.69, 9.17) is 4.74 Å². The van der Waals surface area contributed by atoms with Gasteiger partial charge in [-0.05, 0) is 61.6 Å². The normalized spacial score (nSPS) is 19.6. The SMILES string of the molecule is CC(C)C(=O)N1CCC2(CC1)CC(C(=O)Nc1nc3ccc(-c4cnc(COC5CCCC5)nc4)cc3s1)C2. The average Bonchev–Trinajstić information content (AvgIpc) is 3.59. The zero-order chi connectivity index (χ0) is 27.0. The Kier molecular flexibility index (Phi) is 7.37. The second kappa shape index (κ2) is 10.9. The molecule has 206 valence electrons. The Morgan fingerprint density at radius 2 is 1.82 bits per heavy atom. The summed E-state index contributed by atoms with van der Waals surface area (Å²) in [7, 11) is 0. The number of carbonyl (C=O) groups excluding carboxylic acids is 2. The predicted molar refractivity (Wildman–Crippen MR) is 152 cm³/mol. The Morgan fingerprint density at radius 1 is 1.10 bits per heavy atom. The number of hydrogen-bond donors (Lipinski definition) is 1. The van der Waals surface area contributed by atoms with E-state index in [1.165, 1.54) is 24.2 Å². The first-order valence-electron chi connectivity index (χ1n) is 14.3. The molecule has 2 aliphatic carbocycles. The van der Waals surface area contributed by atoms with Gasteiger partial charge in [0.15, 0.2) is 11.0 Å². The van der Waals surface area contributed by atoms with Crippen LogP contribution in [0.1, 0.15) is 71.0 Å². The molecule has 0 unspecified atom stereocenters. The number of nitrogens with one attached hydrogen (secondary N) is 1. The molecule has 6 rings (SSSR count). The van der Waals surface area contributed by atoms with Crippen LogP contribution in [0.3, 0.4) is 0 Å². The van der Waals surface area contributed by atoms with E-state index in [-0.39, 0.29) is 29.1 Å². The number of aromatic nitrogens is 3. The van der Waals surface area contributed by atoms with Gasteiger partial charge in [-0.15, -0.1) is 0 Å². The molecule has 1 aromatic carbocycles. The van der Waals surface area contributed by atoms with E-state index in [0.29, 0.717) is 23.7 Å². The molecule has 1 saturated heterocycles. The van der Waals surface area contributed by atoms with Crippen LogP contribution < -0.4 is 5.32 Å². The third kappa shape index (κ3) is 5.70. The second-order valence-electron chi connectivity index (χ2n) is 11.9. The summed E-state index contributed by atoms with van der Waals surface area (Å²) in [5.74, 6) is 1.08. The molecule has 0 bridgehead atoms. The highest BCUT2D eigenvalue weighted by molar-refractivity contribution is 7.22. The number of thiazole rings is 1. The summed E-state index contributed by atoms with van der Waals surface area (Å²) in [5, 5.41) is 3.71. The number of amides is 2. The lowest BCUT2D eigenvalue weighted by Crippen LogP contribution is -2.51. The summed E-state index contributed by atoms with van der Waals surface area (Å²) in [6, 6.07) is 6.09. The van der Waals surface area contributed by atoms with Crippen LogP contribution in [-0.4, -0.2) is 50.9 Å². The van der Waals surface area contributed by atoms with Gasteiger partial charge in [0.1, 0.15) is 6.61 Å². The van der Waals surface area contributed by atoms with E-state index in [9.17, 15) is 9.59 Å². The van der Waals surface area contributed by atoms with Gasteiger partial charge in [-0.1, -0.05) is 44.1 Å². The summed E-state index contributed by atoms with van der Waals surface area (Å²) in [5.41, 5.74) is 3.06. The largest absolute Gasteiger partial charge is 0.370 e. The van der Waals surface area contributed by atoms with Gasteiger partial charge in [0.2, 0.25) is 11.8 Å². The number of benzene rings is 1. The van der Waals surface area contributed by atoms with Crippen molar-refractivity contribution in [2.24, 2.45) is 17.3 Å². The van der Waals surface area contributed by atoms with Crippen molar-refractivity contribution in [2.75, 3.05) is 18.4 Å². The maximum absolute atomic E-state index is 13.0. The summed E-state index contributed by atoms with van der Waals surface area (Å²) >= 11 is 1.50. The average molecular weight is 548 g/mol. The van der Waals surface area contributed by atoms with Crippen molar-refractivity contribution in [3.8, 4) is 11.1 Å². The molecule has 1 spiro atoms. The number of piperidine rings is 1. The minimum absolute atomic E-state index is 0.0215. The van der Waals surface area contributed by atoms with Crippen LogP contribution in [0.4, 0.5) is 5.13 Å². The van der Waals surface area contributed by atoms with Crippen molar-refractivity contribution < 1.29 is 14.3 Å². The standard InChI is InChI=1S/C30H37N5O3S/c1-19(2)28(37)35-11-9-30(10-12-35)14-21(15-30)27(36)34-29-33-24-8-7-20(13-25(24)39-29)22-16-31-26(32-17-22)18-38-23-5-3-4-6-23/h7-8,13,16-17,19,21,23H,3-6,9-12,14-15,18H2,1-2H3,(H,33,34,36). The van der Waals surface area contributed by atoms with E-state index in [0.717, 1.165) is 73.0 Å².